The maximum atomic E-state index is 12.4. The van der Waals surface area contributed by atoms with Crippen molar-refractivity contribution in [1.29, 1.82) is 0 Å². The molecule has 0 saturated carbocycles. The second-order valence-electron chi connectivity index (χ2n) is 6.70. The molecule has 2 aromatic carbocycles. The van der Waals surface area contributed by atoms with Gasteiger partial charge in [-0.1, -0.05) is 17.7 Å². The summed E-state index contributed by atoms with van der Waals surface area (Å²) in [5.74, 6) is 0.549. The Labute approximate surface area is 185 Å². The number of aryl methyl sites for hydroxylation is 1. The molecule has 9 nitrogen and oxygen atoms in total. The van der Waals surface area contributed by atoms with E-state index in [9.17, 15) is 12.8 Å². The molecule has 0 unspecified atom stereocenters. The highest BCUT2D eigenvalue weighted by molar-refractivity contribution is 7.85. The van der Waals surface area contributed by atoms with Crippen LogP contribution in [-0.2, 0) is 10.1 Å². The number of aliphatic hydroxyl groups excluding tert-OH is 1. The summed E-state index contributed by atoms with van der Waals surface area (Å²) in [6, 6.07) is 11.6. The normalized spacial score (nSPS) is 11.7. The van der Waals surface area contributed by atoms with Crippen molar-refractivity contribution in [1.82, 2.24) is 4.98 Å². The minimum atomic E-state index is -4.02. The Kier molecular flexibility index (Phi) is 9.60. The Morgan fingerprint density at radius 3 is 2.59 bits per heavy atom. The lowest BCUT2D eigenvalue weighted by Crippen LogP contribution is -2.10. The van der Waals surface area contributed by atoms with E-state index in [1.807, 2.05) is 6.92 Å². The first kappa shape index (κ1) is 25.3. The smallest absolute Gasteiger partial charge is 0.295 e. The zero-order chi connectivity index (χ0) is 23.6. The molecule has 174 valence electrons. The van der Waals surface area contributed by atoms with Gasteiger partial charge in [-0.25, -0.2) is 4.39 Å². The van der Waals surface area contributed by atoms with Crippen molar-refractivity contribution in [3.63, 3.8) is 0 Å². The molecule has 32 heavy (non-hydrogen) atoms. The summed E-state index contributed by atoms with van der Waals surface area (Å²) < 4.78 is 52.9. The lowest BCUT2D eigenvalue weighted by Gasteiger charge is -2.06. The summed E-state index contributed by atoms with van der Waals surface area (Å²) in [4.78, 5) is 4.18. The number of oxazole rings is 1. The quantitative estimate of drug-likeness (QED) is 0.275. The molecule has 0 aliphatic carbocycles. The standard InChI is InChI=1S/C14H18FN3O3.C7H8O3S/c15-7-10(8-16)9-20-11-2-3-12-13(6-11)21-14(18-12)17-4-1-5-19;1-6-2-4-7(5-3-6)11(8,9)10/h2-3,6-7,19H,1,4-5,8-9,16H2,(H,17,18);2-5H,1H3,(H,8,9,10)/b10-7+;. The molecule has 0 radical (unpaired) electrons. The molecule has 11 heteroatoms. The van der Waals surface area contributed by atoms with Crippen LogP contribution < -0.4 is 15.8 Å². The first-order valence-electron chi connectivity index (χ1n) is 9.67. The van der Waals surface area contributed by atoms with Gasteiger partial charge in [-0.15, -0.1) is 0 Å². The Morgan fingerprint density at radius 1 is 1.28 bits per heavy atom. The van der Waals surface area contributed by atoms with E-state index in [1.165, 1.54) is 12.1 Å². The highest BCUT2D eigenvalue weighted by Gasteiger charge is 2.08. The molecule has 0 amide bonds. The third kappa shape index (κ3) is 7.93. The predicted octanol–water partition coefficient (Wildman–Crippen LogP) is 3.05. The maximum absolute atomic E-state index is 12.4. The second-order valence-corrected chi connectivity index (χ2v) is 8.12. The van der Waals surface area contributed by atoms with E-state index in [4.69, 9.17) is 24.5 Å². The lowest BCUT2D eigenvalue weighted by atomic mass is 10.2. The number of fused-ring (bicyclic) bond motifs is 1. The van der Waals surface area contributed by atoms with Crippen molar-refractivity contribution < 1.29 is 31.6 Å². The molecule has 0 aliphatic heterocycles. The molecule has 3 rings (SSSR count). The molecule has 0 aliphatic rings. The van der Waals surface area contributed by atoms with Gasteiger partial charge in [0.15, 0.2) is 5.58 Å². The fourth-order valence-electron chi connectivity index (χ4n) is 2.37. The van der Waals surface area contributed by atoms with Crippen molar-refractivity contribution in [2.75, 3.05) is 31.6 Å². The third-order valence-corrected chi connectivity index (χ3v) is 5.00. The zero-order valence-electron chi connectivity index (χ0n) is 17.5. The zero-order valence-corrected chi connectivity index (χ0v) is 18.3. The predicted molar refractivity (Wildman–Crippen MR) is 119 cm³/mol. The van der Waals surface area contributed by atoms with Crippen LogP contribution in [0, 0.1) is 6.92 Å². The first-order chi connectivity index (χ1) is 15.3. The van der Waals surface area contributed by atoms with Gasteiger partial charge in [0.25, 0.3) is 16.1 Å². The van der Waals surface area contributed by atoms with E-state index in [2.05, 4.69) is 10.3 Å². The summed E-state index contributed by atoms with van der Waals surface area (Å²) in [5, 5.41) is 11.7. The van der Waals surface area contributed by atoms with E-state index in [0.717, 1.165) is 5.56 Å². The average Bonchev–Trinajstić information content (AvgIpc) is 3.17. The maximum Gasteiger partial charge on any atom is 0.295 e. The summed E-state index contributed by atoms with van der Waals surface area (Å²) in [5.41, 5.74) is 7.94. The van der Waals surface area contributed by atoms with Crippen molar-refractivity contribution in [3.05, 3.63) is 59.9 Å². The van der Waals surface area contributed by atoms with Gasteiger partial charge in [0.2, 0.25) is 0 Å². The molecule has 0 spiro atoms. The average molecular weight is 468 g/mol. The van der Waals surface area contributed by atoms with Crippen LogP contribution in [0.3, 0.4) is 0 Å². The highest BCUT2D eigenvalue weighted by atomic mass is 32.2. The fourth-order valence-corrected chi connectivity index (χ4v) is 2.85. The molecule has 5 N–H and O–H groups in total. The van der Waals surface area contributed by atoms with Gasteiger partial charge in [0, 0.05) is 31.3 Å². The second kappa shape index (κ2) is 12.2. The summed E-state index contributed by atoms with van der Waals surface area (Å²) in [6.45, 7) is 2.73. The Morgan fingerprint density at radius 2 is 2.00 bits per heavy atom. The third-order valence-electron chi connectivity index (χ3n) is 4.13. The van der Waals surface area contributed by atoms with E-state index >= 15 is 0 Å². The minimum absolute atomic E-state index is 0.0666. The molecular weight excluding hydrogens is 441 g/mol. The number of halogens is 1. The summed E-state index contributed by atoms with van der Waals surface area (Å²) >= 11 is 0. The van der Waals surface area contributed by atoms with Crippen LogP contribution in [0.1, 0.15) is 12.0 Å². The van der Waals surface area contributed by atoms with Crippen molar-refractivity contribution >= 4 is 27.2 Å². The first-order valence-corrected chi connectivity index (χ1v) is 11.1. The van der Waals surface area contributed by atoms with E-state index in [0.29, 0.717) is 47.7 Å². The fraction of sp³-hybridized carbons (Fsp3) is 0.286. The van der Waals surface area contributed by atoms with E-state index in [1.54, 1.807) is 30.3 Å². The molecule has 0 bridgehead atoms. The molecule has 3 aromatic rings. The number of nitrogens with two attached hydrogens (primary N) is 1. The molecule has 0 atom stereocenters. The van der Waals surface area contributed by atoms with Crippen LogP contribution in [0.15, 0.2) is 63.7 Å². The van der Waals surface area contributed by atoms with Crippen LogP contribution in [0.5, 0.6) is 5.75 Å². The summed E-state index contributed by atoms with van der Waals surface area (Å²) in [7, 11) is -4.02. The molecular formula is C21H26FN3O6S. The Balaban J connectivity index is 0.000000278. The van der Waals surface area contributed by atoms with Crippen molar-refractivity contribution in [2.45, 2.75) is 18.2 Å². The van der Waals surface area contributed by atoms with Gasteiger partial charge in [-0.3, -0.25) is 4.55 Å². The Bertz CT molecular complexity index is 1130. The van der Waals surface area contributed by atoms with Gasteiger partial charge in [-0.2, -0.15) is 13.4 Å². The number of aromatic nitrogens is 1. The van der Waals surface area contributed by atoms with Gasteiger partial charge in [-0.05, 0) is 37.6 Å². The van der Waals surface area contributed by atoms with Gasteiger partial charge in [0.05, 0.1) is 11.2 Å². The van der Waals surface area contributed by atoms with Crippen LogP contribution >= 0.6 is 0 Å². The number of benzene rings is 2. The number of aliphatic hydroxyl groups is 1. The van der Waals surface area contributed by atoms with Crippen LogP contribution in [0.4, 0.5) is 10.4 Å². The van der Waals surface area contributed by atoms with Crippen molar-refractivity contribution in [2.24, 2.45) is 5.73 Å². The minimum Gasteiger partial charge on any atom is -0.489 e. The van der Waals surface area contributed by atoms with E-state index in [-0.39, 0.29) is 24.7 Å². The molecule has 0 saturated heterocycles. The lowest BCUT2D eigenvalue weighted by molar-refractivity contribution is 0.292. The van der Waals surface area contributed by atoms with Gasteiger partial charge >= 0.3 is 0 Å². The number of anilines is 1. The highest BCUT2D eigenvalue weighted by Crippen LogP contribution is 2.24. The largest absolute Gasteiger partial charge is 0.489 e. The Hall–Kier alpha value is -2.99. The summed E-state index contributed by atoms with van der Waals surface area (Å²) in [6.07, 6.45) is 1.07. The van der Waals surface area contributed by atoms with Gasteiger partial charge in [0.1, 0.15) is 17.9 Å². The molecule has 1 heterocycles. The number of ether oxygens (including phenoxy) is 1. The SMILES string of the molecule is Cc1ccc(S(=O)(=O)O)cc1.NC/C(=C\F)COc1ccc2nc(NCCCO)oc2c1. The number of hydrogen-bond acceptors (Lipinski definition) is 8. The topological polar surface area (TPSA) is 148 Å². The van der Waals surface area contributed by atoms with Crippen LogP contribution in [0.2, 0.25) is 0 Å². The molecule has 1 aromatic heterocycles. The number of nitrogens with zero attached hydrogens (tertiary/aromatic N) is 1. The van der Waals surface area contributed by atoms with E-state index < -0.39 is 10.1 Å². The van der Waals surface area contributed by atoms with Crippen molar-refractivity contribution in [3.8, 4) is 5.75 Å². The monoisotopic (exact) mass is 467 g/mol. The van der Waals surface area contributed by atoms with Crippen LogP contribution in [-0.4, -0.2) is 49.4 Å². The number of hydrogen-bond donors (Lipinski definition) is 4. The molecule has 0 fully saturated rings. The van der Waals surface area contributed by atoms with Crippen LogP contribution in [0.25, 0.3) is 11.1 Å². The number of rotatable bonds is 9. The number of nitrogens with one attached hydrogen (secondary N) is 1. The van der Waals surface area contributed by atoms with Gasteiger partial charge < -0.3 is 25.3 Å².